The van der Waals surface area contributed by atoms with Crippen molar-refractivity contribution in [2.45, 2.75) is 33.1 Å². The summed E-state index contributed by atoms with van der Waals surface area (Å²) in [4.78, 5) is 32.3. The Morgan fingerprint density at radius 2 is 1.92 bits per heavy atom. The fourth-order valence-electron chi connectivity index (χ4n) is 2.70. The van der Waals surface area contributed by atoms with Crippen molar-refractivity contribution in [1.29, 1.82) is 0 Å². The number of aromatic nitrogens is 1. The van der Waals surface area contributed by atoms with Crippen LogP contribution in [0.1, 0.15) is 33.1 Å². The summed E-state index contributed by atoms with van der Waals surface area (Å²) in [6, 6.07) is 5.87. The third-order valence-corrected chi connectivity index (χ3v) is 4.22. The summed E-state index contributed by atoms with van der Waals surface area (Å²) >= 11 is 0. The van der Waals surface area contributed by atoms with Gasteiger partial charge in [-0.15, -0.1) is 0 Å². The van der Waals surface area contributed by atoms with E-state index in [4.69, 9.17) is 0 Å². The van der Waals surface area contributed by atoms with Crippen LogP contribution in [-0.2, 0) is 9.59 Å². The SMILES string of the molecule is CC(C)CCC(=O)NCCC(=O)N1CCN(c2ccccn2)CC1. The fourth-order valence-corrected chi connectivity index (χ4v) is 2.70. The van der Waals surface area contributed by atoms with Crippen molar-refractivity contribution in [2.24, 2.45) is 5.92 Å². The zero-order valence-electron chi connectivity index (χ0n) is 14.7. The molecule has 2 rings (SSSR count). The lowest BCUT2D eigenvalue weighted by molar-refractivity contribution is -0.131. The van der Waals surface area contributed by atoms with E-state index in [1.807, 2.05) is 23.1 Å². The van der Waals surface area contributed by atoms with Crippen molar-refractivity contribution < 1.29 is 9.59 Å². The molecule has 1 aromatic rings. The second-order valence-electron chi connectivity index (χ2n) is 6.59. The van der Waals surface area contributed by atoms with E-state index < -0.39 is 0 Å². The summed E-state index contributed by atoms with van der Waals surface area (Å²) in [5.41, 5.74) is 0. The van der Waals surface area contributed by atoms with Crippen LogP contribution in [0.15, 0.2) is 24.4 Å². The van der Waals surface area contributed by atoms with Gasteiger partial charge in [0.25, 0.3) is 0 Å². The Bertz CT molecular complexity index is 525. The van der Waals surface area contributed by atoms with Gasteiger partial charge in [0.15, 0.2) is 0 Å². The van der Waals surface area contributed by atoms with E-state index in [0.29, 0.717) is 38.4 Å². The van der Waals surface area contributed by atoms with Crippen molar-refractivity contribution in [1.82, 2.24) is 15.2 Å². The molecule has 2 heterocycles. The Kier molecular flexibility index (Phi) is 7.03. The minimum absolute atomic E-state index is 0.0384. The van der Waals surface area contributed by atoms with Crippen molar-refractivity contribution >= 4 is 17.6 Å². The van der Waals surface area contributed by atoms with Gasteiger partial charge in [-0.1, -0.05) is 19.9 Å². The van der Waals surface area contributed by atoms with Gasteiger partial charge in [0.05, 0.1) is 0 Å². The molecule has 1 aliphatic heterocycles. The average Bonchev–Trinajstić information content (AvgIpc) is 2.61. The number of amides is 2. The van der Waals surface area contributed by atoms with E-state index in [9.17, 15) is 9.59 Å². The Labute approximate surface area is 144 Å². The second-order valence-corrected chi connectivity index (χ2v) is 6.59. The molecule has 1 aliphatic rings. The molecule has 1 fully saturated rings. The number of carbonyl (C=O) groups is 2. The first kappa shape index (κ1) is 18.2. The van der Waals surface area contributed by atoms with Gasteiger partial charge in [0, 0.05) is 51.8 Å². The molecule has 0 bridgehead atoms. The van der Waals surface area contributed by atoms with E-state index in [2.05, 4.69) is 29.0 Å². The third kappa shape index (κ3) is 5.83. The molecule has 1 saturated heterocycles. The van der Waals surface area contributed by atoms with Crippen molar-refractivity contribution in [3.63, 3.8) is 0 Å². The number of hydrogen-bond donors (Lipinski definition) is 1. The van der Waals surface area contributed by atoms with Crippen LogP contribution in [0.25, 0.3) is 0 Å². The highest BCUT2D eigenvalue weighted by Crippen LogP contribution is 2.12. The second kappa shape index (κ2) is 9.25. The molecule has 0 atom stereocenters. The lowest BCUT2D eigenvalue weighted by atomic mass is 10.1. The van der Waals surface area contributed by atoms with Crippen molar-refractivity contribution in [3.05, 3.63) is 24.4 Å². The minimum atomic E-state index is 0.0384. The maximum atomic E-state index is 12.2. The summed E-state index contributed by atoms with van der Waals surface area (Å²) < 4.78 is 0. The molecular weight excluding hydrogens is 304 g/mol. The average molecular weight is 332 g/mol. The van der Waals surface area contributed by atoms with E-state index in [1.54, 1.807) is 6.20 Å². The molecule has 0 unspecified atom stereocenters. The number of nitrogens with one attached hydrogen (secondary N) is 1. The summed E-state index contributed by atoms with van der Waals surface area (Å²) in [6.07, 6.45) is 3.58. The molecule has 24 heavy (non-hydrogen) atoms. The highest BCUT2D eigenvalue weighted by Gasteiger charge is 2.21. The van der Waals surface area contributed by atoms with Crippen LogP contribution >= 0.6 is 0 Å². The summed E-state index contributed by atoms with van der Waals surface area (Å²) in [5.74, 6) is 1.63. The molecule has 0 aromatic carbocycles. The maximum absolute atomic E-state index is 12.2. The molecule has 0 saturated carbocycles. The van der Waals surface area contributed by atoms with Crippen molar-refractivity contribution in [2.75, 3.05) is 37.6 Å². The Hall–Kier alpha value is -2.11. The zero-order chi connectivity index (χ0) is 17.4. The highest BCUT2D eigenvalue weighted by atomic mass is 16.2. The van der Waals surface area contributed by atoms with Crippen LogP contribution in [-0.4, -0.2) is 54.4 Å². The van der Waals surface area contributed by atoms with Gasteiger partial charge in [0.1, 0.15) is 5.82 Å². The fraction of sp³-hybridized carbons (Fsp3) is 0.611. The first-order valence-corrected chi connectivity index (χ1v) is 8.76. The van der Waals surface area contributed by atoms with Crippen LogP contribution in [0.2, 0.25) is 0 Å². The lowest BCUT2D eigenvalue weighted by Crippen LogP contribution is -2.49. The summed E-state index contributed by atoms with van der Waals surface area (Å²) in [6.45, 7) is 7.62. The first-order valence-electron chi connectivity index (χ1n) is 8.76. The Morgan fingerprint density at radius 3 is 2.54 bits per heavy atom. The van der Waals surface area contributed by atoms with Crippen LogP contribution in [0.4, 0.5) is 5.82 Å². The number of piperazine rings is 1. The molecule has 1 N–H and O–H groups in total. The van der Waals surface area contributed by atoms with E-state index in [1.165, 1.54) is 0 Å². The summed E-state index contributed by atoms with van der Waals surface area (Å²) in [5, 5.41) is 2.84. The number of rotatable bonds is 7. The third-order valence-electron chi connectivity index (χ3n) is 4.22. The van der Waals surface area contributed by atoms with Crippen LogP contribution < -0.4 is 10.2 Å². The maximum Gasteiger partial charge on any atom is 0.224 e. The number of nitrogens with zero attached hydrogens (tertiary/aromatic N) is 3. The van der Waals surface area contributed by atoms with Gasteiger partial charge in [-0.3, -0.25) is 9.59 Å². The molecule has 1 aromatic heterocycles. The van der Waals surface area contributed by atoms with Crippen molar-refractivity contribution in [3.8, 4) is 0 Å². The number of anilines is 1. The van der Waals surface area contributed by atoms with E-state index >= 15 is 0 Å². The van der Waals surface area contributed by atoms with Crippen LogP contribution in [0.5, 0.6) is 0 Å². The first-order chi connectivity index (χ1) is 11.6. The normalized spacial score (nSPS) is 14.8. The number of pyridine rings is 1. The van der Waals surface area contributed by atoms with Crippen LogP contribution in [0, 0.1) is 5.92 Å². The van der Waals surface area contributed by atoms with Gasteiger partial charge in [-0.05, 0) is 24.5 Å². The lowest BCUT2D eigenvalue weighted by Gasteiger charge is -2.35. The topological polar surface area (TPSA) is 65.5 Å². The van der Waals surface area contributed by atoms with Gasteiger partial charge >= 0.3 is 0 Å². The highest BCUT2D eigenvalue weighted by molar-refractivity contribution is 5.79. The van der Waals surface area contributed by atoms with Gasteiger partial charge in [-0.2, -0.15) is 0 Å². The smallest absolute Gasteiger partial charge is 0.224 e. The standard InChI is InChI=1S/C18H28N4O2/c1-15(2)6-7-17(23)20-10-8-18(24)22-13-11-21(12-14-22)16-5-3-4-9-19-16/h3-5,9,15H,6-8,10-14H2,1-2H3,(H,20,23). The molecular formula is C18H28N4O2. The zero-order valence-corrected chi connectivity index (χ0v) is 14.7. The molecule has 2 amide bonds. The molecule has 0 spiro atoms. The predicted octanol–water partition coefficient (Wildman–Crippen LogP) is 1.67. The van der Waals surface area contributed by atoms with E-state index in [-0.39, 0.29) is 11.8 Å². The monoisotopic (exact) mass is 332 g/mol. The van der Waals surface area contributed by atoms with Crippen LogP contribution in [0.3, 0.4) is 0 Å². The van der Waals surface area contributed by atoms with E-state index in [0.717, 1.165) is 25.3 Å². The predicted molar refractivity (Wildman–Crippen MR) is 94.7 cm³/mol. The molecule has 6 nitrogen and oxygen atoms in total. The largest absolute Gasteiger partial charge is 0.356 e. The Morgan fingerprint density at radius 1 is 1.17 bits per heavy atom. The molecule has 0 radical (unpaired) electrons. The number of hydrogen-bond acceptors (Lipinski definition) is 4. The quantitative estimate of drug-likeness (QED) is 0.825. The summed E-state index contributed by atoms with van der Waals surface area (Å²) in [7, 11) is 0. The molecule has 0 aliphatic carbocycles. The minimum Gasteiger partial charge on any atom is -0.356 e. The molecule has 6 heteroatoms. The number of carbonyl (C=O) groups excluding carboxylic acids is 2. The van der Waals surface area contributed by atoms with Gasteiger partial charge in [0.2, 0.25) is 11.8 Å². The van der Waals surface area contributed by atoms with Gasteiger partial charge < -0.3 is 15.1 Å². The molecule has 132 valence electrons. The Balaban J connectivity index is 1.65. The van der Waals surface area contributed by atoms with Gasteiger partial charge in [-0.25, -0.2) is 4.98 Å².